The number of nitrogens with two attached hydrogens (primary N) is 1. The van der Waals surface area contributed by atoms with Gasteiger partial charge in [0.25, 0.3) is 0 Å². The smallest absolute Gasteiger partial charge is 0.226 e. The third-order valence-corrected chi connectivity index (χ3v) is 2.11. The summed E-state index contributed by atoms with van der Waals surface area (Å²) in [7, 11) is 0. The van der Waals surface area contributed by atoms with Gasteiger partial charge in [-0.3, -0.25) is 0 Å². The highest BCUT2D eigenvalue weighted by atomic mass is 16.5. The predicted molar refractivity (Wildman–Crippen MR) is 54.9 cm³/mol. The summed E-state index contributed by atoms with van der Waals surface area (Å²) in [6, 6.07) is 0. The van der Waals surface area contributed by atoms with Crippen molar-refractivity contribution in [3.05, 3.63) is 11.7 Å². The zero-order valence-electron chi connectivity index (χ0n) is 8.83. The van der Waals surface area contributed by atoms with E-state index in [1.54, 1.807) is 0 Å². The Bertz CT molecular complexity index is 247. The van der Waals surface area contributed by atoms with Crippen LogP contribution in [0.25, 0.3) is 0 Å². The first-order valence-corrected chi connectivity index (χ1v) is 5.38. The monoisotopic (exact) mass is 197 g/mol. The van der Waals surface area contributed by atoms with E-state index in [9.17, 15) is 0 Å². The van der Waals surface area contributed by atoms with Gasteiger partial charge in [0.05, 0.1) is 0 Å². The van der Waals surface area contributed by atoms with Crippen molar-refractivity contribution >= 4 is 0 Å². The average molecular weight is 197 g/mol. The van der Waals surface area contributed by atoms with Crippen molar-refractivity contribution in [2.24, 2.45) is 5.73 Å². The van der Waals surface area contributed by atoms with Gasteiger partial charge < -0.3 is 10.3 Å². The van der Waals surface area contributed by atoms with E-state index in [0.29, 0.717) is 0 Å². The second-order valence-electron chi connectivity index (χ2n) is 3.45. The summed E-state index contributed by atoms with van der Waals surface area (Å²) in [5, 5.41) is 3.92. The Balaban J connectivity index is 2.27. The lowest BCUT2D eigenvalue weighted by atomic mass is 10.2. The molecule has 0 saturated heterocycles. The fraction of sp³-hybridized carbons (Fsp3) is 0.800. The van der Waals surface area contributed by atoms with E-state index in [1.807, 2.05) is 0 Å². The zero-order chi connectivity index (χ0) is 10.2. The van der Waals surface area contributed by atoms with Crippen molar-refractivity contribution in [1.82, 2.24) is 10.1 Å². The number of rotatable bonds is 7. The third-order valence-electron chi connectivity index (χ3n) is 2.11. The van der Waals surface area contributed by atoms with Crippen LogP contribution in [0.4, 0.5) is 0 Å². The molecule has 1 aromatic heterocycles. The SMILES string of the molecule is CCCCc1noc(CCCCN)n1. The van der Waals surface area contributed by atoms with E-state index in [2.05, 4.69) is 17.1 Å². The Kier molecular flexibility index (Phi) is 5.22. The predicted octanol–water partition coefficient (Wildman–Crippen LogP) is 1.69. The number of aromatic nitrogens is 2. The molecule has 0 bridgehead atoms. The highest BCUT2D eigenvalue weighted by Crippen LogP contribution is 2.05. The fourth-order valence-electron chi connectivity index (χ4n) is 1.25. The first-order chi connectivity index (χ1) is 6.86. The van der Waals surface area contributed by atoms with Crippen molar-refractivity contribution in [3.8, 4) is 0 Å². The van der Waals surface area contributed by atoms with E-state index in [0.717, 1.165) is 56.8 Å². The van der Waals surface area contributed by atoms with Gasteiger partial charge in [-0.25, -0.2) is 0 Å². The number of unbranched alkanes of at least 4 members (excludes halogenated alkanes) is 2. The topological polar surface area (TPSA) is 64.9 Å². The lowest BCUT2D eigenvalue weighted by Gasteiger charge is -1.91. The van der Waals surface area contributed by atoms with Crippen LogP contribution in [0.2, 0.25) is 0 Å². The van der Waals surface area contributed by atoms with E-state index in [-0.39, 0.29) is 0 Å². The highest BCUT2D eigenvalue weighted by molar-refractivity contribution is 4.86. The molecule has 0 aromatic carbocycles. The average Bonchev–Trinajstić information content (AvgIpc) is 2.63. The van der Waals surface area contributed by atoms with Crippen molar-refractivity contribution in [2.45, 2.75) is 45.4 Å². The van der Waals surface area contributed by atoms with Crippen LogP contribution in [0.5, 0.6) is 0 Å². The second-order valence-corrected chi connectivity index (χ2v) is 3.45. The number of hydrogen-bond donors (Lipinski definition) is 1. The second kappa shape index (κ2) is 6.54. The quantitative estimate of drug-likeness (QED) is 0.675. The molecule has 0 spiro atoms. The van der Waals surface area contributed by atoms with Crippen LogP contribution >= 0.6 is 0 Å². The van der Waals surface area contributed by atoms with E-state index in [4.69, 9.17) is 10.3 Å². The molecule has 1 heterocycles. The molecule has 4 heteroatoms. The molecule has 4 nitrogen and oxygen atoms in total. The minimum absolute atomic E-state index is 0.733. The van der Waals surface area contributed by atoms with Gasteiger partial charge in [0.15, 0.2) is 5.82 Å². The van der Waals surface area contributed by atoms with Gasteiger partial charge >= 0.3 is 0 Å². The Morgan fingerprint density at radius 1 is 1.21 bits per heavy atom. The minimum atomic E-state index is 0.733. The number of hydrogen-bond acceptors (Lipinski definition) is 4. The maximum Gasteiger partial charge on any atom is 0.226 e. The van der Waals surface area contributed by atoms with Gasteiger partial charge in [-0.05, 0) is 25.8 Å². The normalized spacial score (nSPS) is 10.7. The summed E-state index contributed by atoms with van der Waals surface area (Å²) >= 11 is 0. The van der Waals surface area contributed by atoms with Gasteiger partial charge in [-0.1, -0.05) is 18.5 Å². The largest absolute Gasteiger partial charge is 0.339 e. The molecule has 80 valence electrons. The molecule has 0 radical (unpaired) electrons. The number of aryl methyl sites for hydroxylation is 2. The van der Waals surface area contributed by atoms with E-state index in [1.165, 1.54) is 0 Å². The number of nitrogens with zero attached hydrogens (tertiary/aromatic N) is 2. The molecule has 0 atom stereocenters. The Hall–Kier alpha value is -0.900. The molecule has 0 unspecified atom stereocenters. The summed E-state index contributed by atoms with van der Waals surface area (Å²) in [4.78, 5) is 4.30. The molecule has 0 amide bonds. The van der Waals surface area contributed by atoms with Crippen LogP contribution in [0.15, 0.2) is 4.52 Å². The lowest BCUT2D eigenvalue weighted by molar-refractivity contribution is 0.369. The van der Waals surface area contributed by atoms with Gasteiger partial charge in [0.1, 0.15) is 0 Å². The lowest BCUT2D eigenvalue weighted by Crippen LogP contribution is -1.99. The molecule has 1 rings (SSSR count). The maximum atomic E-state index is 5.40. The molecule has 0 aliphatic carbocycles. The van der Waals surface area contributed by atoms with Crippen molar-refractivity contribution in [1.29, 1.82) is 0 Å². The summed E-state index contributed by atoms with van der Waals surface area (Å²) in [6.07, 6.45) is 6.13. The zero-order valence-corrected chi connectivity index (χ0v) is 8.83. The maximum absolute atomic E-state index is 5.40. The van der Waals surface area contributed by atoms with Crippen molar-refractivity contribution < 1.29 is 4.52 Å². The van der Waals surface area contributed by atoms with Crippen molar-refractivity contribution in [3.63, 3.8) is 0 Å². The molecule has 1 aromatic rings. The van der Waals surface area contributed by atoms with Crippen molar-refractivity contribution in [2.75, 3.05) is 6.54 Å². The molecular weight excluding hydrogens is 178 g/mol. The van der Waals surface area contributed by atoms with Crippen LogP contribution in [-0.4, -0.2) is 16.7 Å². The highest BCUT2D eigenvalue weighted by Gasteiger charge is 2.04. The Morgan fingerprint density at radius 2 is 2.07 bits per heavy atom. The summed E-state index contributed by atoms with van der Waals surface area (Å²) in [5.74, 6) is 1.60. The molecule has 2 N–H and O–H groups in total. The van der Waals surface area contributed by atoms with Gasteiger partial charge in [-0.2, -0.15) is 4.98 Å². The van der Waals surface area contributed by atoms with Gasteiger partial charge in [0, 0.05) is 12.8 Å². The van der Waals surface area contributed by atoms with E-state index < -0.39 is 0 Å². The fourth-order valence-corrected chi connectivity index (χ4v) is 1.25. The van der Waals surface area contributed by atoms with Crippen LogP contribution in [0.1, 0.15) is 44.3 Å². The first-order valence-electron chi connectivity index (χ1n) is 5.38. The summed E-state index contributed by atoms with van der Waals surface area (Å²) in [6.45, 7) is 2.89. The van der Waals surface area contributed by atoms with Crippen LogP contribution in [0, 0.1) is 0 Å². The Labute approximate surface area is 84.9 Å². The molecule has 0 aliphatic heterocycles. The molecule has 0 aliphatic rings. The van der Waals surface area contributed by atoms with Crippen LogP contribution in [-0.2, 0) is 12.8 Å². The minimum Gasteiger partial charge on any atom is -0.339 e. The molecule has 0 fully saturated rings. The van der Waals surface area contributed by atoms with Crippen LogP contribution < -0.4 is 5.73 Å². The Morgan fingerprint density at radius 3 is 2.79 bits per heavy atom. The summed E-state index contributed by atoms with van der Waals surface area (Å²) < 4.78 is 5.11. The first kappa shape index (κ1) is 11.2. The molecule has 14 heavy (non-hydrogen) atoms. The van der Waals surface area contributed by atoms with Gasteiger partial charge in [-0.15, -0.1) is 0 Å². The van der Waals surface area contributed by atoms with E-state index >= 15 is 0 Å². The third kappa shape index (κ3) is 3.87. The standard InChI is InChI=1S/C10H19N3O/c1-2-3-6-9-12-10(14-13-9)7-4-5-8-11/h2-8,11H2,1H3. The van der Waals surface area contributed by atoms with Gasteiger partial charge in [0.2, 0.25) is 5.89 Å². The van der Waals surface area contributed by atoms with Crippen LogP contribution in [0.3, 0.4) is 0 Å². The molecule has 0 saturated carbocycles. The molecular formula is C10H19N3O. The summed E-state index contributed by atoms with van der Waals surface area (Å²) in [5.41, 5.74) is 5.40.